The van der Waals surface area contributed by atoms with Crippen LogP contribution in [0.3, 0.4) is 0 Å². The summed E-state index contributed by atoms with van der Waals surface area (Å²) in [6.45, 7) is 5.36. The number of thiazole rings is 2. The van der Waals surface area contributed by atoms with Gasteiger partial charge in [0.15, 0.2) is 0 Å². The highest BCUT2D eigenvalue weighted by Crippen LogP contribution is 2.31. The van der Waals surface area contributed by atoms with Crippen molar-refractivity contribution in [1.29, 1.82) is 0 Å². The summed E-state index contributed by atoms with van der Waals surface area (Å²) < 4.78 is 0. The number of rotatable bonds is 5. The molecule has 1 N–H and O–H groups in total. The molecule has 0 unspecified atom stereocenters. The Hall–Kier alpha value is -0.780. The summed E-state index contributed by atoms with van der Waals surface area (Å²) in [4.78, 5) is 11.4. The molecule has 17 heavy (non-hydrogen) atoms. The molecule has 0 saturated carbocycles. The standard InChI is InChI=1S/C12H17N3S2/c1-8(2)4-9-10(5-13-3)17-12(15-9)11-6-14-7-16-11/h6-8,13H,4-5H2,1-3H3. The zero-order valence-electron chi connectivity index (χ0n) is 10.4. The molecule has 2 heterocycles. The molecule has 0 radical (unpaired) electrons. The van der Waals surface area contributed by atoms with Crippen molar-refractivity contribution in [3.05, 3.63) is 22.3 Å². The van der Waals surface area contributed by atoms with Crippen molar-refractivity contribution in [2.75, 3.05) is 7.05 Å². The van der Waals surface area contributed by atoms with Crippen molar-refractivity contribution in [3.63, 3.8) is 0 Å². The van der Waals surface area contributed by atoms with Gasteiger partial charge in [0.2, 0.25) is 0 Å². The van der Waals surface area contributed by atoms with Gasteiger partial charge in [-0.25, -0.2) is 4.98 Å². The Kier molecular flexibility index (Phi) is 4.25. The van der Waals surface area contributed by atoms with Crippen molar-refractivity contribution in [2.24, 2.45) is 5.92 Å². The van der Waals surface area contributed by atoms with Crippen LogP contribution in [-0.4, -0.2) is 17.0 Å². The molecule has 0 aliphatic heterocycles. The first-order valence-electron chi connectivity index (χ1n) is 5.72. The molecular formula is C12H17N3S2. The fourth-order valence-corrected chi connectivity index (χ4v) is 3.43. The Labute approximate surface area is 110 Å². The maximum Gasteiger partial charge on any atom is 0.135 e. The Balaban J connectivity index is 2.30. The van der Waals surface area contributed by atoms with E-state index in [2.05, 4.69) is 24.1 Å². The number of nitrogens with one attached hydrogen (secondary N) is 1. The van der Waals surface area contributed by atoms with Gasteiger partial charge in [-0.2, -0.15) is 0 Å². The van der Waals surface area contributed by atoms with Crippen molar-refractivity contribution in [1.82, 2.24) is 15.3 Å². The quantitative estimate of drug-likeness (QED) is 0.904. The Morgan fingerprint density at radius 1 is 1.41 bits per heavy atom. The zero-order valence-corrected chi connectivity index (χ0v) is 12.0. The Morgan fingerprint density at radius 3 is 2.82 bits per heavy atom. The van der Waals surface area contributed by atoms with Gasteiger partial charge in [0.1, 0.15) is 5.01 Å². The summed E-state index contributed by atoms with van der Waals surface area (Å²) in [7, 11) is 1.98. The normalized spacial score (nSPS) is 11.3. The SMILES string of the molecule is CNCc1sc(-c2cncs2)nc1CC(C)C. The predicted molar refractivity (Wildman–Crippen MR) is 74.5 cm³/mol. The van der Waals surface area contributed by atoms with Gasteiger partial charge in [-0.3, -0.25) is 4.98 Å². The first kappa shape index (κ1) is 12.7. The van der Waals surface area contributed by atoms with Gasteiger partial charge in [0.25, 0.3) is 0 Å². The van der Waals surface area contributed by atoms with Crippen LogP contribution in [-0.2, 0) is 13.0 Å². The van der Waals surface area contributed by atoms with Crippen LogP contribution >= 0.6 is 22.7 Å². The summed E-state index contributed by atoms with van der Waals surface area (Å²) in [5, 5.41) is 4.32. The highest BCUT2D eigenvalue weighted by atomic mass is 32.1. The minimum atomic E-state index is 0.641. The fraction of sp³-hybridized carbons (Fsp3) is 0.500. The van der Waals surface area contributed by atoms with Crippen molar-refractivity contribution in [3.8, 4) is 9.88 Å². The first-order chi connectivity index (χ1) is 8.20. The smallest absolute Gasteiger partial charge is 0.135 e. The summed E-state index contributed by atoms with van der Waals surface area (Å²) in [6.07, 6.45) is 2.94. The molecule has 0 amide bonds. The lowest BCUT2D eigenvalue weighted by Gasteiger charge is -2.03. The zero-order chi connectivity index (χ0) is 12.3. The highest BCUT2D eigenvalue weighted by Gasteiger charge is 2.13. The molecule has 92 valence electrons. The Bertz CT molecular complexity index is 460. The van der Waals surface area contributed by atoms with Crippen LogP contribution in [0, 0.1) is 5.92 Å². The highest BCUT2D eigenvalue weighted by molar-refractivity contribution is 7.20. The van der Waals surface area contributed by atoms with Gasteiger partial charge >= 0.3 is 0 Å². The van der Waals surface area contributed by atoms with Crippen LogP contribution in [0.5, 0.6) is 0 Å². The van der Waals surface area contributed by atoms with Crippen LogP contribution in [0.15, 0.2) is 11.7 Å². The van der Waals surface area contributed by atoms with Crippen molar-refractivity contribution in [2.45, 2.75) is 26.8 Å². The lowest BCUT2D eigenvalue weighted by molar-refractivity contribution is 0.631. The van der Waals surface area contributed by atoms with E-state index >= 15 is 0 Å². The molecule has 2 aromatic heterocycles. The molecule has 5 heteroatoms. The average Bonchev–Trinajstić information content (AvgIpc) is 2.87. The van der Waals surface area contributed by atoms with E-state index in [4.69, 9.17) is 4.98 Å². The van der Waals surface area contributed by atoms with Crippen LogP contribution in [0.1, 0.15) is 24.4 Å². The van der Waals surface area contributed by atoms with Gasteiger partial charge in [0.05, 0.1) is 16.1 Å². The molecule has 0 spiro atoms. The van der Waals surface area contributed by atoms with E-state index in [1.54, 1.807) is 22.7 Å². The third-order valence-electron chi connectivity index (χ3n) is 2.36. The third kappa shape index (κ3) is 3.12. The molecule has 0 bridgehead atoms. The lowest BCUT2D eigenvalue weighted by Crippen LogP contribution is -2.07. The number of nitrogens with zero attached hydrogens (tertiary/aromatic N) is 2. The minimum Gasteiger partial charge on any atom is -0.315 e. The number of hydrogen-bond acceptors (Lipinski definition) is 5. The van der Waals surface area contributed by atoms with Crippen LogP contribution < -0.4 is 5.32 Å². The second-order valence-electron chi connectivity index (χ2n) is 4.38. The molecule has 0 atom stereocenters. The van der Waals surface area contributed by atoms with Gasteiger partial charge in [-0.1, -0.05) is 13.8 Å². The molecule has 3 nitrogen and oxygen atoms in total. The molecule has 0 aliphatic carbocycles. The molecule has 2 aromatic rings. The topological polar surface area (TPSA) is 37.8 Å². The summed E-state index contributed by atoms with van der Waals surface area (Å²) >= 11 is 3.43. The van der Waals surface area contributed by atoms with E-state index in [9.17, 15) is 0 Å². The molecule has 0 aliphatic rings. The van der Waals surface area contributed by atoms with Gasteiger partial charge in [-0.05, 0) is 19.4 Å². The van der Waals surface area contributed by atoms with E-state index in [0.717, 1.165) is 18.0 Å². The van der Waals surface area contributed by atoms with Crippen molar-refractivity contribution < 1.29 is 0 Å². The first-order valence-corrected chi connectivity index (χ1v) is 7.42. The fourth-order valence-electron chi connectivity index (χ4n) is 1.65. The number of hydrogen-bond donors (Lipinski definition) is 1. The molecule has 0 aromatic carbocycles. The second kappa shape index (κ2) is 5.71. The average molecular weight is 267 g/mol. The minimum absolute atomic E-state index is 0.641. The Morgan fingerprint density at radius 2 is 2.24 bits per heavy atom. The molecule has 0 saturated heterocycles. The van der Waals surface area contributed by atoms with Crippen molar-refractivity contribution >= 4 is 22.7 Å². The lowest BCUT2D eigenvalue weighted by atomic mass is 10.1. The van der Waals surface area contributed by atoms with E-state index in [1.165, 1.54) is 15.4 Å². The number of aromatic nitrogens is 2. The van der Waals surface area contributed by atoms with E-state index in [1.807, 2.05) is 18.8 Å². The maximum absolute atomic E-state index is 4.76. The maximum atomic E-state index is 4.76. The largest absolute Gasteiger partial charge is 0.315 e. The van der Waals surface area contributed by atoms with Gasteiger partial charge in [0, 0.05) is 17.6 Å². The van der Waals surface area contributed by atoms with E-state index < -0.39 is 0 Å². The van der Waals surface area contributed by atoms with E-state index in [0.29, 0.717) is 5.92 Å². The second-order valence-corrected chi connectivity index (χ2v) is 6.35. The molecule has 2 rings (SSSR count). The molecule has 0 fully saturated rings. The summed E-state index contributed by atoms with van der Waals surface area (Å²) in [5.74, 6) is 0.641. The van der Waals surface area contributed by atoms with Gasteiger partial charge < -0.3 is 5.32 Å². The predicted octanol–water partition coefficient (Wildman–Crippen LogP) is 3.18. The summed E-state index contributed by atoms with van der Waals surface area (Å²) in [6, 6.07) is 0. The van der Waals surface area contributed by atoms with Crippen LogP contribution in [0.2, 0.25) is 0 Å². The monoisotopic (exact) mass is 267 g/mol. The van der Waals surface area contributed by atoms with E-state index in [-0.39, 0.29) is 0 Å². The summed E-state index contributed by atoms with van der Waals surface area (Å²) in [5.41, 5.74) is 3.10. The van der Waals surface area contributed by atoms with Gasteiger partial charge in [-0.15, -0.1) is 22.7 Å². The van der Waals surface area contributed by atoms with Crippen LogP contribution in [0.25, 0.3) is 9.88 Å². The molecular weight excluding hydrogens is 250 g/mol. The van der Waals surface area contributed by atoms with Crippen LogP contribution in [0.4, 0.5) is 0 Å². The third-order valence-corrected chi connectivity index (χ3v) is 4.40.